The van der Waals surface area contributed by atoms with Crippen molar-refractivity contribution in [2.45, 2.75) is 41.7 Å². The lowest BCUT2D eigenvalue weighted by Crippen LogP contribution is -2.30. The molecule has 232 valence electrons. The molecule has 0 spiro atoms. The summed E-state index contributed by atoms with van der Waals surface area (Å²) in [6.45, 7) is 5.95. The van der Waals surface area contributed by atoms with Crippen molar-refractivity contribution in [2.75, 3.05) is 10.6 Å². The maximum Gasteiger partial charge on any atom is 0.272 e. The van der Waals surface area contributed by atoms with Crippen molar-refractivity contribution in [3.8, 4) is 0 Å². The third-order valence-electron chi connectivity index (χ3n) is 6.69. The Morgan fingerprint density at radius 2 is 1.33 bits per heavy atom. The van der Waals surface area contributed by atoms with Crippen LogP contribution in [-0.2, 0) is 19.6 Å². The van der Waals surface area contributed by atoms with Gasteiger partial charge in [-0.2, -0.15) is 0 Å². The molecule has 9 nitrogen and oxygen atoms in total. The monoisotopic (exact) mass is 642 g/mol. The van der Waals surface area contributed by atoms with Gasteiger partial charge in [-0.1, -0.05) is 56.3 Å². The van der Waals surface area contributed by atoms with Gasteiger partial charge < -0.3 is 16.0 Å². The zero-order valence-electron chi connectivity index (χ0n) is 25.0. The summed E-state index contributed by atoms with van der Waals surface area (Å²) in [5.41, 5.74) is 3.38. The number of amides is 3. The first-order valence-electron chi connectivity index (χ1n) is 14.1. The van der Waals surface area contributed by atoms with Crippen LogP contribution in [0.25, 0.3) is 6.08 Å². The molecule has 0 fully saturated rings. The van der Waals surface area contributed by atoms with Crippen molar-refractivity contribution in [3.05, 3.63) is 126 Å². The Bertz CT molecular complexity index is 1790. The molecule has 5 N–H and O–H groups in total. The Labute approximate surface area is 267 Å². The molecule has 3 amide bonds. The maximum absolute atomic E-state index is 13.4. The fourth-order valence-corrected chi connectivity index (χ4v) is 5.51. The van der Waals surface area contributed by atoms with E-state index in [1.54, 1.807) is 61.5 Å². The predicted octanol–water partition coefficient (Wildman–Crippen LogP) is 5.99. The van der Waals surface area contributed by atoms with Gasteiger partial charge in [0, 0.05) is 21.8 Å². The van der Waals surface area contributed by atoms with Crippen LogP contribution < -0.4 is 21.1 Å². The number of sulfonamides is 1. The highest BCUT2D eigenvalue weighted by molar-refractivity contribution is 8.00. The van der Waals surface area contributed by atoms with Crippen LogP contribution in [0.2, 0.25) is 0 Å². The van der Waals surface area contributed by atoms with E-state index in [1.807, 2.05) is 30.3 Å². The molecule has 0 aliphatic carbocycles. The van der Waals surface area contributed by atoms with Gasteiger partial charge in [0.2, 0.25) is 15.9 Å². The first-order chi connectivity index (χ1) is 21.4. The zero-order chi connectivity index (χ0) is 32.6. The Kier molecular flexibility index (Phi) is 10.9. The Morgan fingerprint density at radius 3 is 1.91 bits per heavy atom. The van der Waals surface area contributed by atoms with Crippen LogP contribution in [-0.4, -0.2) is 31.4 Å². The molecular formula is C34H34N4O5S2. The van der Waals surface area contributed by atoms with E-state index in [1.165, 1.54) is 36.0 Å². The molecule has 4 rings (SSSR count). The number of nitrogens with one attached hydrogen (secondary N) is 3. The summed E-state index contributed by atoms with van der Waals surface area (Å²) in [4.78, 5) is 39.7. The molecule has 0 bridgehead atoms. The fraction of sp³-hybridized carbons (Fsp3) is 0.147. The number of benzene rings is 4. The lowest BCUT2D eigenvalue weighted by Gasteiger charge is -2.14. The number of hydrogen-bond acceptors (Lipinski definition) is 6. The summed E-state index contributed by atoms with van der Waals surface area (Å²) in [7, 11) is -3.82. The van der Waals surface area contributed by atoms with Gasteiger partial charge in [0.25, 0.3) is 11.8 Å². The minimum Gasteiger partial charge on any atom is -0.325 e. The van der Waals surface area contributed by atoms with E-state index >= 15 is 0 Å². The standard InChI is InChI=1S/C34H34N4O5S2/c1-22(2)25-11-9-24(10-12-25)21-31(38-33(40)26-7-5-4-6-8-26)34(41)37-27-13-17-29(18-14-27)44-23(3)32(39)36-28-15-19-30(20-16-28)45(35,42)43/h4-23H,1-3H3,(H,36,39)(H,37,41)(H,38,40)(H2,35,42,43)/b31-21-. The topological polar surface area (TPSA) is 147 Å². The number of anilines is 2. The van der Waals surface area contributed by atoms with Gasteiger partial charge in [-0.3, -0.25) is 14.4 Å². The first-order valence-corrected chi connectivity index (χ1v) is 16.5. The summed E-state index contributed by atoms with van der Waals surface area (Å²) >= 11 is 1.31. The molecule has 4 aromatic rings. The fourth-order valence-electron chi connectivity index (χ4n) is 4.13. The minimum atomic E-state index is -3.82. The summed E-state index contributed by atoms with van der Waals surface area (Å²) < 4.78 is 22.9. The van der Waals surface area contributed by atoms with Crippen molar-refractivity contribution in [3.63, 3.8) is 0 Å². The lowest BCUT2D eigenvalue weighted by molar-refractivity contribution is -0.115. The number of rotatable bonds is 11. The molecule has 0 aliphatic rings. The van der Waals surface area contributed by atoms with Crippen LogP contribution in [0.15, 0.2) is 119 Å². The Morgan fingerprint density at radius 1 is 0.756 bits per heavy atom. The quantitative estimate of drug-likeness (QED) is 0.117. The van der Waals surface area contributed by atoms with Gasteiger partial charge >= 0.3 is 0 Å². The average molecular weight is 643 g/mol. The van der Waals surface area contributed by atoms with Crippen LogP contribution in [0.1, 0.15) is 48.2 Å². The summed E-state index contributed by atoms with van der Waals surface area (Å²) in [5, 5.41) is 13.0. The molecule has 0 heterocycles. The second-order valence-corrected chi connectivity index (χ2v) is 13.5. The zero-order valence-corrected chi connectivity index (χ0v) is 26.6. The minimum absolute atomic E-state index is 0.0448. The average Bonchev–Trinajstić information content (AvgIpc) is 3.02. The molecule has 0 saturated heterocycles. The predicted molar refractivity (Wildman–Crippen MR) is 179 cm³/mol. The highest BCUT2D eigenvalue weighted by Crippen LogP contribution is 2.26. The number of nitrogens with two attached hydrogens (primary N) is 1. The SMILES string of the molecule is CC(Sc1ccc(NC(=O)/C(=C/c2ccc(C(C)C)cc2)NC(=O)c2ccccc2)cc1)C(=O)Nc1ccc(S(N)(=O)=O)cc1. The normalized spacial score (nSPS) is 12.3. The number of thioether (sulfide) groups is 1. The summed E-state index contributed by atoms with van der Waals surface area (Å²) in [6, 6.07) is 29.0. The largest absolute Gasteiger partial charge is 0.325 e. The highest BCUT2D eigenvalue weighted by Gasteiger charge is 2.17. The molecule has 0 radical (unpaired) electrons. The molecule has 1 unspecified atom stereocenters. The third-order valence-corrected chi connectivity index (χ3v) is 8.73. The third kappa shape index (κ3) is 9.64. The van der Waals surface area contributed by atoms with Crippen molar-refractivity contribution < 1.29 is 22.8 Å². The van der Waals surface area contributed by atoms with Gasteiger partial charge in [0.1, 0.15) is 5.70 Å². The van der Waals surface area contributed by atoms with Crippen LogP contribution in [0, 0.1) is 0 Å². The number of carbonyl (C=O) groups excluding carboxylic acids is 3. The van der Waals surface area contributed by atoms with Gasteiger partial charge in [-0.25, -0.2) is 13.6 Å². The van der Waals surface area contributed by atoms with E-state index in [2.05, 4.69) is 29.8 Å². The van der Waals surface area contributed by atoms with Crippen molar-refractivity contribution in [1.29, 1.82) is 0 Å². The van der Waals surface area contributed by atoms with E-state index in [9.17, 15) is 22.8 Å². The van der Waals surface area contributed by atoms with Crippen molar-refractivity contribution >= 4 is 57.0 Å². The highest BCUT2D eigenvalue weighted by atomic mass is 32.2. The number of hydrogen-bond donors (Lipinski definition) is 4. The van der Waals surface area contributed by atoms with Crippen molar-refractivity contribution in [2.24, 2.45) is 5.14 Å². The van der Waals surface area contributed by atoms with Gasteiger partial charge in [0.15, 0.2) is 0 Å². The Balaban J connectivity index is 1.42. The van der Waals surface area contributed by atoms with E-state index < -0.39 is 27.1 Å². The molecule has 0 aromatic heterocycles. The molecule has 0 saturated carbocycles. The van der Waals surface area contributed by atoms with Gasteiger partial charge in [0.05, 0.1) is 10.1 Å². The maximum atomic E-state index is 13.4. The molecule has 1 atom stereocenters. The molecule has 4 aromatic carbocycles. The van der Waals surface area contributed by atoms with Gasteiger partial charge in [-0.15, -0.1) is 11.8 Å². The van der Waals surface area contributed by atoms with Gasteiger partial charge in [-0.05, 0) is 90.7 Å². The second kappa shape index (κ2) is 14.8. The van der Waals surface area contributed by atoms with Crippen LogP contribution in [0.3, 0.4) is 0 Å². The number of carbonyl (C=O) groups is 3. The summed E-state index contributed by atoms with van der Waals surface area (Å²) in [5.74, 6) is -0.811. The first kappa shape index (κ1) is 33.2. The summed E-state index contributed by atoms with van der Waals surface area (Å²) in [6.07, 6.45) is 1.63. The van der Waals surface area contributed by atoms with E-state index in [0.717, 1.165) is 16.0 Å². The lowest BCUT2D eigenvalue weighted by atomic mass is 10.0. The van der Waals surface area contributed by atoms with E-state index in [0.29, 0.717) is 22.9 Å². The van der Waals surface area contributed by atoms with E-state index in [4.69, 9.17) is 5.14 Å². The van der Waals surface area contributed by atoms with Crippen molar-refractivity contribution in [1.82, 2.24) is 5.32 Å². The van der Waals surface area contributed by atoms with Crippen LogP contribution in [0.5, 0.6) is 0 Å². The number of primary sulfonamides is 1. The van der Waals surface area contributed by atoms with Crippen LogP contribution in [0.4, 0.5) is 11.4 Å². The molecule has 0 aliphatic heterocycles. The Hall–Kier alpha value is -4.71. The smallest absolute Gasteiger partial charge is 0.272 e. The van der Waals surface area contributed by atoms with E-state index in [-0.39, 0.29) is 16.5 Å². The molecular weight excluding hydrogens is 609 g/mol. The van der Waals surface area contributed by atoms with Crippen LogP contribution >= 0.6 is 11.8 Å². The second-order valence-electron chi connectivity index (χ2n) is 10.5. The molecule has 45 heavy (non-hydrogen) atoms. The molecule has 11 heteroatoms.